The van der Waals surface area contributed by atoms with E-state index < -0.39 is 10.0 Å². The Morgan fingerprint density at radius 2 is 1.86 bits per heavy atom. The SMILES string of the molecule is Cc1nc2cc(F)ccc2cc1C(=O)N1CCN(S(=O)(=O)c2ccc(Cl)s2)CC1. The fraction of sp³-hybridized carbons (Fsp3) is 0.263. The summed E-state index contributed by atoms with van der Waals surface area (Å²) < 4.78 is 40.8. The zero-order chi connectivity index (χ0) is 20.8. The second-order valence-electron chi connectivity index (χ2n) is 6.71. The normalized spacial score (nSPS) is 15.8. The molecule has 6 nitrogen and oxygen atoms in total. The molecule has 1 aromatic carbocycles. The molecule has 2 aromatic heterocycles. The van der Waals surface area contributed by atoms with E-state index in [1.54, 1.807) is 30.0 Å². The molecular formula is C19H17ClFN3O3S2. The van der Waals surface area contributed by atoms with Gasteiger partial charge in [0.15, 0.2) is 0 Å². The smallest absolute Gasteiger partial charge is 0.255 e. The number of pyridine rings is 1. The lowest BCUT2D eigenvalue weighted by molar-refractivity contribution is 0.0697. The molecule has 0 aliphatic carbocycles. The standard InChI is InChI=1S/C19H17ClFN3O3S2/c1-12-15(10-13-2-3-14(21)11-16(13)22-12)19(25)23-6-8-24(9-7-23)29(26,27)18-5-4-17(20)28-18/h2-5,10-11H,6-9H2,1H3. The molecule has 1 aliphatic heterocycles. The van der Waals surface area contributed by atoms with Crippen molar-refractivity contribution < 1.29 is 17.6 Å². The third kappa shape index (κ3) is 3.87. The third-order valence-electron chi connectivity index (χ3n) is 4.87. The molecule has 1 fully saturated rings. The first-order valence-electron chi connectivity index (χ1n) is 8.87. The summed E-state index contributed by atoms with van der Waals surface area (Å²) in [5.74, 6) is -0.592. The Labute approximate surface area is 176 Å². The number of aromatic nitrogens is 1. The first-order chi connectivity index (χ1) is 13.8. The molecule has 1 saturated heterocycles. The van der Waals surface area contributed by atoms with E-state index in [0.29, 0.717) is 26.5 Å². The van der Waals surface area contributed by atoms with Crippen molar-refractivity contribution in [1.29, 1.82) is 0 Å². The highest BCUT2D eigenvalue weighted by Crippen LogP contribution is 2.29. The van der Waals surface area contributed by atoms with Crippen LogP contribution in [-0.4, -0.2) is 54.7 Å². The fourth-order valence-corrected chi connectivity index (χ4v) is 6.38. The summed E-state index contributed by atoms with van der Waals surface area (Å²) in [6, 6.07) is 9.00. The van der Waals surface area contributed by atoms with Gasteiger partial charge in [-0.1, -0.05) is 11.6 Å². The number of rotatable bonds is 3. The summed E-state index contributed by atoms with van der Waals surface area (Å²) in [7, 11) is -3.61. The summed E-state index contributed by atoms with van der Waals surface area (Å²) >= 11 is 6.88. The molecule has 1 aliphatic rings. The van der Waals surface area contributed by atoms with E-state index in [4.69, 9.17) is 11.6 Å². The number of fused-ring (bicyclic) bond motifs is 1. The van der Waals surface area contributed by atoms with Crippen LogP contribution in [0.15, 0.2) is 40.6 Å². The fourth-order valence-electron chi connectivity index (χ4n) is 3.32. The minimum Gasteiger partial charge on any atom is -0.336 e. The van der Waals surface area contributed by atoms with Gasteiger partial charge in [0.05, 0.1) is 21.1 Å². The highest BCUT2D eigenvalue weighted by Gasteiger charge is 2.32. The number of piperazine rings is 1. The molecule has 0 saturated carbocycles. The van der Waals surface area contributed by atoms with E-state index in [-0.39, 0.29) is 42.1 Å². The van der Waals surface area contributed by atoms with E-state index >= 15 is 0 Å². The van der Waals surface area contributed by atoms with Crippen molar-refractivity contribution in [2.24, 2.45) is 0 Å². The highest BCUT2D eigenvalue weighted by atomic mass is 35.5. The van der Waals surface area contributed by atoms with Gasteiger partial charge in [0.25, 0.3) is 15.9 Å². The van der Waals surface area contributed by atoms with E-state index in [1.807, 2.05) is 0 Å². The van der Waals surface area contributed by atoms with Crippen LogP contribution >= 0.6 is 22.9 Å². The summed E-state index contributed by atoms with van der Waals surface area (Å²) in [6.45, 7) is 2.67. The number of benzene rings is 1. The average Bonchev–Trinajstić information content (AvgIpc) is 3.14. The van der Waals surface area contributed by atoms with E-state index in [9.17, 15) is 17.6 Å². The predicted molar refractivity (Wildman–Crippen MR) is 110 cm³/mol. The van der Waals surface area contributed by atoms with E-state index in [2.05, 4.69) is 4.98 Å². The molecule has 0 radical (unpaired) electrons. The molecule has 1 amide bonds. The largest absolute Gasteiger partial charge is 0.336 e. The van der Waals surface area contributed by atoms with Crippen LogP contribution in [0.4, 0.5) is 4.39 Å². The van der Waals surface area contributed by atoms with Crippen LogP contribution in [0.25, 0.3) is 10.9 Å². The van der Waals surface area contributed by atoms with Crippen LogP contribution in [0, 0.1) is 12.7 Å². The third-order valence-corrected chi connectivity index (χ3v) is 8.47. The first kappa shape index (κ1) is 20.2. The molecule has 10 heteroatoms. The second kappa shape index (κ2) is 7.64. The topological polar surface area (TPSA) is 70.6 Å². The van der Waals surface area contributed by atoms with Gasteiger partial charge in [-0.25, -0.2) is 12.8 Å². The number of sulfonamides is 1. The molecule has 0 atom stereocenters. The number of hydrogen-bond acceptors (Lipinski definition) is 5. The van der Waals surface area contributed by atoms with Gasteiger partial charge in [-0.2, -0.15) is 4.31 Å². The van der Waals surface area contributed by atoms with Crippen molar-refractivity contribution in [1.82, 2.24) is 14.2 Å². The van der Waals surface area contributed by atoms with Gasteiger partial charge in [-0.3, -0.25) is 9.78 Å². The zero-order valence-electron chi connectivity index (χ0n) is 15.4. The first-order valence-corrected chi connectivity index (χ1v) is 11.5. The van der Waals surface area contributed by atoms with Crippen molar-refractivity contribution in [3.8, 4) is 0 Å². The Hall–Kier alpha value is -2.07. The maximum Gasteiger partial charge on any atom is 0.255 e. The van der Waals surface area contributed by atoms with E-state index in [0.717, 1.165) is 11.3 Å². The maximum atomic E-state index is 13.4. The minimum atomic E-state index is -3.61. The number of thiophene rings is 1. The van der Waals surface area contributed by atoms with Crippen LogP contribution in [0.1, 0.15) is 16.1 Å². The number of amides is 1. The summed E-state index contributed by atoms with van der Waals surface area (Å²) in [5.41, 5.74) is 1.44. The molecule has 0 spiro atoms. The maximum absolute atomic E-state index is 13.4. The summed E-state index contributed by atoms with van der Waals surface area (Å²) in [4.78, 5) is 19.0. The quantitative estimate of drug-likeness (QED) is 0.608. The Balaban J connectivity index is 1.51. The van der Waals surface area contributed by atoms with Crippen molar-refractivity contribution >= 4 is 49.8 Å². The molecule has 0 unspecified atom stereocenters. The Bertz CT molecular complexity index is 1200. The average molecular weight is 454 g/mol. The van der Waals surface area contributed by atoms with Gasteiger partial charge in [-0.05, 0) is 37.3 Å². The van der Waals surface area contributed by atoms with Crippen molar-refractivity contribution in [2.45, 2.75) is 11.1 Å². The summed E-state index contributed by atoms with van der Waals surface area (Å²) in [6.07, 6.45) is 0. The van der Waals surface area contributed by atoms with Crippen LogP contribution in [-0.2, 0) is 10.0 Å². The highest BCUT2D eigenvalue weighted by molar-refractivity contribution is 7.91. The predicted octanol–water partition coefficient (Wildman–Crippen LogP) is 3.54. The Morgan fingerprint density at radius 1 is 1.14 bits per heavy atom. The van der Waals surface area contributed by atoms with Crippen LogP contribution < -0.4 is 0 Å². The number of halogens is 2. The van der Waals surface area contributed by atoms with Gasteiger partial charge in [0.2, 0.25) is 0 Å². The molecule has 0 N–H and O–H groups in total. The number of hydrogen-bond donors (Lipinski definition) is 0. The molecule has 3 aromatic rings. The number of carbonyl (C=O) groups is 1. The number of aryl methyl sites for hydroxylation is 1. The van der Waals surface area contributed by atoms with E-state index in [1.165, 1.54) is 22.5 Å². The molecule has 0 bridgehead atoms. The number of carbonyl (C=O) groups excluding carboxylic acids is 1. The molecule has 3 heterocycles. The Kier molecular flexibility index (Phi) is 5.32. The summed E-state index contributed by atoms with van der Waals surface area (Å²) in [5, 5.41) is 0.677. The van der Waals surface area contributed by atoms with Gasteiger partial charge < -0.3 is 4.90 Å². The molecule has 29 heavy (non-hydrogen) atoms. The zero-order valence-corrected chi connectivity index (χ0v) is 17.8. The molecular weight excluding hydrogens is 437 g/mol. The van der Waals surface area contributed by atoms with Crippen molar-refractivity contribution in [3.63, 3.8) is 0 Å². The van der Waals surface area contributed by atoms with Crippen molar-refractivity contribution in [2.75, 3.05) is 26.2 Å². The lowest BCUT2D eigenvalue weighted by Gasteiger charge is -2.34. The van der Waals surface area contributed by atoms with Gasteiger partial charge in [0.1, 0.15) is 10.0 Å². The van der Waals surface area contributed by atoms with Gasteiger partial charge in [0, 0.05) is 37.6 Å². The second-order valence-corrected chi connectivity index (χ2v) is 10.6. The monoisotopic (exact) mass is 453 g/mol. The Morgan fingerprint density at radius 3 is 2.52 bits per heavy atom. The molecule has 152 valence electrons. The minimum absolute atomic E-state index is 0.198. The molecule has 4 rings (SSSR count). The lowest BCUT2D eigenvalue weighted by Crippen LogP contribution is -2.50. The van der Waals surface area contributed by atoms with Gasteiger partial charge in [-0.15, -0.1) is 11.3 Å². The van der Waals surface area contributed by atoms with Crippen molar-refractivity contribution in [3.05, 3.63) is 57.8 Å². The van der Waals surface area contributed by atoms with Crippen LogP contribution in [0.2, 0.25) is 4.34 Å². The lowest BCUT2D eigenvalue weighted by atomic mass is 10.1. The van der Waals surface area contributed by atoms with Crippen LogP contribution in [0.3, 0.4) is 0 Å². The van der Waals surface area contributed by atoms with Gasteiger partial charge >= 0.3 is 0 Å². The number of nitrogens with zero attached hydrogens (tertiary/aromatic N) is 3. The van der Waals surface area contributed by atoms with Crippen LogP contribution in [0.5, 0.6) is 0 Å².